The first-order valence-corrected chi connectivity index (χ1v) is 9.22. The molecule has 1 fully saturated rings. The van der Waals surface area contributed by atoms with E-state index < -0.39 is 10.0 Å². The molecule has 5 nitrogen and oxygen atoms in total. The van der Waals surface area contributed by atoms with Crippen LogP contribution in [-0.4, -0.2) is 37.8 Å². The summed E-state index contributed by atoms with van der Waals surface area (Å²) >= 11 is 6.02. The predicted octanol–water partition coefficient (Wildman–Crippen LogP) is 2.33. The number of nitrogens with one attached hydrogen (secondary N) is 1. The first-order valence-electron chi connectivity index (χ1n) is 7.40. The van der Waals surface area contributed by atoms with Gasteiger partial charge in [-0.3, -0.25) is 4.79 Å². The molecule has 7 heteroatoms. The van der Waals surface area contributed by atoms with Crippen molar-refractivity contribution in [3.8, 4) is 0 Å². The zero-order chi connectivity index (χ0) is 16.3. The fourth-order valence-corrected chi connectivity index (χ4v) is 4.20. The minimum atomic E-state index is -3.52. The highest BCUT2D eigenvalue weighted by Crippen LogP contribution is 2.25. The minimum Gasteiger partial charge on any atom is -0.353 e. The highest BCUT2D eigenvalue weighted by molar-refractivity contribution is 7.89. The summed E-state index contributed by atoms with van der Waals surface area (Å²) in [5, 5.41) is 3.37. The van der Waals surface area contributed by atoms with E-state index in [1.165, 1.54) is 10.4 Å². The molecule has 0 aromatic heterocycles. The summed E-state index contributed by atoms with van der Waals surface area (Å²) in [5.74, 6) is 0.00613. The lowest BCUT2D eigenvalue weighted by molar-refractivity contribution is -0.121. The van der Waals surface area contributed by atoms with Crippen molar-refractivity contribution in [2.24, 2.45) is 0 Å². The Labute approximate surface area is 136 Å². The number of sulfonamides is 1. The number of amides is 1. The Hall–Kier alpha value is -1.11. The van der Waals surface area contributed by atoms with Crippen molar-refractivity contribution in [1.82, 2.24) is 9.62 Å². The monoisotopic (exact) mass is 344 g/mol. The number of nitrogens with zero attached hydrogens (tertiary/aromatic N) is 1. The second-order valence-electron chi connectivity index (χ2n) is 5.51. The standard InChI is InChI=1S/C15H21ClN2O3S/c1-3-15(19)17-12-6-8-18(9-7-12)22(20,21)13-5-4-11(2)14(16)10-13/h4-5,10,12H,3,6-9H2,1-2H3,(H,17,19). The van der Waals surface area contributed by atoms with Crippen molar-refractivity contribution in [3.63, 3.8) is 0 Å². The zero-order valence-corrected chi connectivity index (χ0v) is 14.4. The number of carbonyl (C=O) groups excluding carboxylic acids is 1. The molecule has 0 atom stereocenters. The smallest absolute Gasteiger partial charge is 0.243 e. The van der Waals surface area contributed by atoms with Gasteiger partial charge in [-0.1, -0.05) is 24.6 Å². The molecule has 0 aliphatic carbocycles. The second-order valence-corrected chi connectivity index (χ2v) is 7.86. The molecule has 1 heterocycles. The number of hydrogen-bond donors (Lipinski definition) is 1. The van der Waals surface area contributed by atoms with Gasteiger partial charge in [0.1, 0.15) is 0 Å². The second kappa shape index (κ2) is 6.98. The summed E-state index contributed by atoms with van der Waals surface area (Å²) in [5.41, 5.74) is 0.849. The quantitative estimate of drug-likeness (QED) is 0.911. The van der Waals surface area contributed by atoms with Crippen LogP contribution in [0.25, 0.3) is 0 Å². The number of piperidine rings is 1. The number of rotatable bonds is 4. The molecular weight excluding hydrogens is 324 g/mol. The van der Waals surface area contributed by atoms with Crippen LogP contribution >= 0.6 is 11.6 Å². The minimum absolute atomic E-state index is 0.00613. The van der Waals surface area contributed by atoms with Crippen LogP contribution in [0, 0.1) is 6.92 Å². The fourth-order valence-electron chi connectivity index (χ4n) is 2.45. The third-order valence-electron chi connectivity index (χ3n) is 3.92. The summed E-state index contributed by atoms with van der Waals surface area (Å²) in [6.45, 7) is 4.45. The van der Waals surface area contributed by atoms with Gasteiger partial charge in [-0.2, -0.15) is 4.31 Å². The normalized spacial score (nSPS) is 17.4. The maximum Gasteiger partial charge on any atom is 0.243 e. The molecule has 0 bridgehead atoms. The summed E-state index contributed by atoms with van der Waals surface area (Å²) in [6, 6.07) is 4.85. The Morgan fingerprint density at radius 2 is 2.00 bits per heavy atom. The van der Waals surface area contributed by atoms with Crippen molar-refractivity contribution in [2.45, 2.75) is 44.0 Å². The van der Waals surface area contributed by atoms with E-state index in [0.29, 0.717) is 37.4 Å². The molecule has 0 spiro atoms. The lowest BCUT2D eigenvalue weighted by Gasteiger charge is -2.31. The Balaban J connectivity index is 2.06. The van der Waals surface area contributed by atoms with Crippen LogP contribution in [0.4, 0.5) is 0 Å². The van der Waals surface area contributed by atoms with Crippen molar-refractivity contribution < 1.29 is 13.2 Å². The Kier molecular flexibility index (Phi) is 5.47. The average Bonchev–Trinajstić information content (AvgIpc) is 2.50. The third-order valence-corrected chi connectivity index (χ3v) is 6.22. The van der Waals surface area contributed by atoms with Crippen molar-refractivity contribution in [3.05, 3.63) is 28.8 Å². The molecule has 1 aromatic carbocycles. The Morgan fingerprint density at radius 1 is 1.36 bits per heavy atom. The Morgan fingerprint density at radius 3 is 2.55 bits per heavy atom. The molecule has 1 aliphatic rings. The predicted molar refractivity (Wildman–Crippen MR) is 86.4 cm³/mol. The van der Waals surface area contributed by atoms with Crippen LogP contribution < -0.4 is 5.32 Å². The molecule has 0 unspecified atom stereocenters. The lowest BCUT2D eigenvalue weighted by atomic mass is 10.1. The van der Waals surface area contributed by atoms with Gasteiger partial charge in [0, 0.05) is 30.6 Å². The summed E-state index contributed by atoms with van der Waals surface area (Å²) in [6.07, 6.45) is 1.70. The SMILES string of the molecule is CCC(=O)NC1CCN(S(=O)(=O)c2ccc(C)c(Cl)c2)CC1. The average molecular weight is 345 g/mol. The van der Waals surface area contributed by atoms with E-state index in [9.17, 15) is 13.2 Å². The van der Waals surface area contributed by atoms with Crippen LogP contribution in [0.1, 0.15) is 31.7 Å². The maximum atomic E-state index is 12.6. The van der Waals surface area contributed by atoms with Crippen LogP contribution in [0.5, 0.6) is 0 Å². The Bertz CT molecular complexity index is 653. The van der Waals surface area contributed by atoms with Gasteiger partial charge in [-0.25, -0.2) is 8.42 Å². The fraction of sp³-hybridized carbons (Fsp3) is 0.533. The van der Waals surface area contributed by atoms with Gasteiger partial charge < -0.3 is 5.32 Å². The van der Waals surface area contributed by atoms with E-state index in [4.69, 9.17) is 11.6 Å². The van der Waals surface area contributed by atoms with Crippen molar-refractivity contribution >= 4 is 27.5 Å². The van der Waals surface area contributed by atoms with Gasteiger partial charge in [0.05, 0.1) is 4.90 Å². The number of aryl methyl sites for hydroxylation is 1. The van der Waals surface area contributed by atoms with E-state index in [1.54, 1.807) is 19.1 Å². The first kappa shape index (κ1) is 17.2. The van der Waals surface area contributed by atoms with E-state index in [2.05, 4.69) is 5.32 Å². The van der Waals surface area contributed by atoms with E-state index >= 15 is 0 Å². The van der Waals surface area contributed by atoms with Gasteiger partial charge in [0.2, 0.25) is 15.9 Å². The first-order chi connectivity index (χ1) is 10.3. The molecule has 2 rings (SSSR count). The zero-order valence-electron chi connectivity index (χ0n) is 12.8. The van der Waals surface area contributed by atoms with Gasteiger partial charge >= 0.3 is 0 Å². The highest BCUT2D eigenvalue weighted by atomic mass is 35.5. The van der Waals surface area contributed by atoms with E-state index in [0.717, 1.165) is 5.56 Å². The highest BCUT2D eigenvalue weighted by Gasteiger charge is 2.30. The number of carbonyl (C=O) groups is 1. The molecule has 1 amide bonds. The van der Waals surface area contributed by atoms with Gasteiger partial charge in [0.25, 0.3) is 0 Å². The van der Waals surface area contributed by atoms with E-state index in [1.807, 2.05) is 6.92 Å². The number of halogens is 1. The largest absolute Gasteiger partial charge is 0.353 e. The summed E-state index contributed by atoms with van der Waals surface area (Å²) < 4.78 is 26.7. The van der Waals surface area contributed by atoms with Crippen LogP contribution in [-0.2, 0) is 14.8 Å². The molecule has 0 radical (unpaired) electrons. The van der Waals surface area contributed by atoms with Gasteiger partial charge in [0.15, 0.2) is 0 Å². The van der Waals surface area contributed by atoms with Crippen LogP contribution in [0.15, 0.2) is 23.1 Å². The summed E-state index contributed by atoms with van der Waals surface area (Å²) in [7, 11) is -3.52. The van der Waals surface area contributed by atoms with Crippen molar-refractivity contribution in [1.29, 1.82) is 0 Å². The molecule has 1 saturated heterocycles. The third kappa shape index (κ3) is 3.80. The number of benzene rings is 1. The molecule has 1 N–H and O–H groups in total. The molecular formula is C15H21ClN2O3S. The van der Waals surface area contributed by atoms with E-state index in [-0.39, 0.29) is 16.8 Å². The molecule has 0 saturated carbocycles. The van der Waals surface area contributed by atoms with Gasteiger partial charge in [-0.15, -0.1) is 0 Å². The molecule has 22 heavy (non-hydrogen) atoms. The number of hydrogen-bond acceptors (Lipinski definition) is 3. The maximum absolute atomic E-state index is 12.6. The topological polar surface area (TPSA) is 66.5 Å². The molecule has 1 aliphatic heterocycles. The lowest BCUT2D eigenvalue weighted by Crippen LogP contribution is -2.46. The molecule has 122 valence electrons. The van der Waals surface area contributed by atoms with Crippen molar-refractivity contribution in [2.75, 3.05) is 13.1 Å². The van der Waals surface area contributed by atoms with Gasteiger partial charge in [-0.05, 0) is 37.5 Å². The van der Waals surface area contributed by atoms with Crippen LogP contribution in [0.2, 0.25) is 5.02 Å². The molecule has 1 aromatic rings. The van der Waals surface area contributed by atoms with Crippen LogP contribution in [0.3, 0.4) is 0 Å². The summed E-state index contributed by atoms with van der Waals surface area (Å²) in [4.78, 5) is 11.6.